The molecule has 5 nitrogen and oxygen atoms in total. The first kappa shape index (κ1) is 10.9. The van der Waals surface area contributed by atoms with Crippen molar-refractivity contribution in [3.05, 3.63) is 27.9 Å². The van der Waals surface area contributed by atoms with Gasteiger partial charge in [-0.25, -0.2) is 0 Å². The predicted octanol–water partition coefficient (Wildman–Crippen LogP) is -0.100. The Labute approximate surface area is 109 Å². The van der Waals surface area contributed by atoms with E-state index in [9.17, 15) is 0 Å². The van der Waals surface area contributed by atoms with Gasteiger partial charge < -0.3 is 0 Å². The number of aromatic amines is 1. The van der Waals surface area contributed by atoms with Crippen LogP contribution in [-0.2, 0) is 6.54 Å². The number of rotatable bonds is 3. The van der Waals surface area contributed by atoms with Crippen molar-refractivity contribution in [1.82, 2.24) is 25.5 Å². The molecular weight excluding hydrogens is 321 g/mol. The molecule has 0 fully saturated rings. The van der Waals surface area contributed by atoms with Crippen LogP contribution < -0.4 is 9.03 Å². The van der Waals surface area contributed by atoms with Gasteiger partial charge in [-0.15, -0.1) is 0 Å². The van der Waals surface area contributed by atoms with E-state index in [0.29, 0.717) is 0 Å². The number of H-pyrrole nitrogens is 1. The summed E-state index contributed by atoms with van der Waals surface area (Å²) in [5.74, 6) is 0. The monoisotopic (exact) mass is 333 g/mol. The SMILES string of the molecule is CNCc1[nH]ncc1-c1ncn[c]2c1C=[CH][Sn]2. The van der Waals surface area contributed by atoms with Gasteiger partial charge in [0.2, 0.25) is 0 Å². The molecule has 0 amide bonds. The third kappa shape index (κ3) is 1.89. The molecule has 0 aromatic carbocycles. The maximum atomic E-state index is 4.41. The number of aromatic nitrogens is 4. The van der Waals surface area contributed by atoms with Crippen LogP contribution in [0.25, 0.3) is 17.3 Å². The summed E-state index contributed by atoms with van der Waals surface area (Å²) >= 11 is -0.592. The van der Waals surface area contributed by atoms with E-state index in [4.69, 9.17) is 0 Å². The van der Waals surface area contributed by atoms with E-state index in [1.165, 1.54) is 9.27 Å². The fraction of sp³-hybridized carbons (Fsp3) is 0.182. The number of fused-ring (bicyclic) bond motifs is 1. The summed E-state index contributed by atoms with van der Waals surface area (Å²) in [5, 5.41) is 10.2. The summed E-state index contributed by atoms with van der Waals surface area (Å²) < 4.78 is 3.54. The minimum atomic E-state index is -0.592. The van der Waals surface area contributed by atoms with E-state index in [0.717, 1.165) is 23.5 Å². The van der Waals surface area contributed by atoms with Gasteiger partial charge in [-0.2, -0.15) is 0 Å². The summed E-state index contributed by atoms with van der Waals surface area (Å²) in [5.41, 5.74) is 4.34. The molecule has 1 aliphatic rings. The zero-order valence-electron chi connectivity index (χ0n) is 9.36. The first-order chi connectivity index (χ1) is 8.40. The molecule has 3 rings (SSSR count). The van der Waals surface area contributed by atoms with Gasteiger partial charge in [0.25, 0.3) is 0 Å². The standard InChI is InChI=1S/C11H11N5.Sn/c1-3-8-4-13-7-14-11(8)9-5-15-16-10(9)6-12-2;/h1,3,5,7,12H,6H2,2H3,(H,15,16);. The van der Waals surface area contributed by atoms with Crippen LogP contribution in [0.4, 0.5) is 0 Å². The summed E-state index contributed by atoms with van der Waals surface area (Å²) in [4.78, 5) is 8.77. The van der Waals surface area contributed by atoms with E-state index in [2.05, 4.69) is 35.7 Å². The first-order valence-corrected chi connectivity index (χ1v) is 8.43. The number of nitrogens with one attached hydrogen (secondary N) is 2. The van der Waals surface area contributed by atoms with Gasteiger partial charge in [0.05, 0.1) is 0 Å². The molecule has 0 spiro atoms. The average Bonchev–Trinajstić information content (AvgIpc) is 2.96. The van der Waals surface area contributed by atoms with Crippen molar-refractivity contribution in [2.45, 2.75) is 6.54 Å². The van der Waals surface area contributed by atoms with Gasteiger partial charge in [0.15, 0.2) is 0 Å². The molecule has 0 aliphatic carbocycles. The van der Waals surface area contributed by atoms with E-state index in [-0.39, 0.29) is 0 Å². The third-order valence-electron chi connectivity index (χ3n) is 2.68. The van der Waals surface area contributed by atoms with Crippen molar-refractivity contribution in [2.75, 3.05) is 7.05 Å². The predicted molar refractivity (Wildman–Crippen MR) is 66.8 cm³/mol. The molecule has 6 heteroatoms. The van der Waals surface area contributed by atoms with E-state index in [1.54, 1.807) is 6.33 Å². The summed E-state index contributed by atoms with van der Waals surface area (Å²) in [7, 11) is 1.92. The van der Waals surface area contributed by atoms with Crippen LogP contribution in [0.5, 0.6) is 0 Å². The molecule has 0 unspecified atom stereocenters. The molecule has 2 aromatic heterocycles. The second-order valence-electron chi connectivity index (χ2n) is 3.75. The summed E-state index contributed by atoms with van der Waals surface area (Å²) in [6.45, 7) is 0.762. The Kier molecular flexibility index (Phi) is 2.94. The molecule has 0 saturated carbocycles. The summed E-state index contributed by atoms with van der Waals surface area (Å²) in [6.07, 6.45) is 5.66. The zero-order chi connectivity index (χ0) is 11.7. The van der Waals surface area contributed by atoms with Gasteiger partial charge in [0, 0.05) is 0 Å². The van der Waals surface area contributed by atoms with Crippen molar-refractivity contribution < 1.29 is 0 Å². The van der Waals surface area contributed by atoms with Crippen LogP contribution in [-0.4, -0.2) is 48.4 Å². The van der Waals surface area contributed by atoms with E-state index >= 15 is 0 Å². The maximum absolute atomic E-state index is 4.41. The van der Waals surface area contributed by atoms with Crippen molar-refractivity contribution in [3.63, 3.8) is 0 Å². The summed E-state index contributed by atoms with van der Waals surface area (Å²) in [6, 6.07) is 0. The normalized spacial score (nSPS) is 13.0. The van der Waals surface area contributed by atoms with Crippen LogP contribution in [0.1, 0.15) is 11.3 Å². The number of hydrogen-bond acceptors (Lipinski definition) is 4. The quantitative estimate of drug-likeness (QED) is 0.771. The zero-order valence-corrected chi connectivity index (χ0v) is 12.2. The van der Waals surface area contributed by atoms with E-state index in [1.807, 2.05) is 13.2 Å². The third-order valence-corrected chi connectivity index (χ3v) is 5.55. The Morgan fingerprint density at radius 2 is 2.35 bits per heavy atom. The van der Waals surface area contributed by atoms with Gasteiger partial charge in [0.1, 0.15) is 0 Å². The molecule has 84 valence electrons. The molecule has 1 aliphatic heterocycles. The van der Waals surface area contributed by atoms with Gasteiger partial charge in [-0.3, -0.25) is 0 Å². The molecule has 3 heterocycles. The molecule has 0 saturated heterocycles. The number of nitrogens with zero attached hydrogens (tertiary/aromatic N) is 3. The molecule has 0 bridgehead atoms. The number of hydrogen-bond donors (Lipinski definition) is 2. The van der Waals surface area contributed by atoms with Gasteiger partial charge >= 0.3 is 109 Å². The van der Waals surface area contributed by atoms with Gasteiger partial charge in [-0.1, -0.05) is 0 Å². The van der Waals surface area contributed by atoms with Crippen molar-refractivity contribution in [1.29, 1.82) is 0 Å². The second-order valence-corrected chi connectivity index (χ2v) is 6.88. The van der Waals surface area contributed by atoms with Crippen molar-refractivity contribution >= 4 is 30.9 Å². The Morgan fingerprint density at radius 1 is 1.41 bits per heavy atom. The molecule has 2 aromatic rings. The van der Waals surface area contributed by atoms with E-state index < -0.39 is 21.1 Å². The van der Waals surface area contributed by atoms with Crippen LogP contribution >= 0.6 is 0 Å². The molecule has 0 atom stereocenters. The fourth-order valence-electron chi connectivity index (χ4n) is 1.92. The van der Waals surface area contributed by atoms with Crippen LogP contribution in [0.2, 0.25) is 0 Å². The van der Waals surface area contributed by atoms with Gasteiger partial charge in [-0.05, 0) is 0 Å². The molecule has 17 heavy (non-hydrogen) atoms. The minimum absolute atomic E-state index is 0.592. The van der Waals surface area contributed by atoms with Crippen LogP contribution in [0, 0.1) is 0 Å². The molecule has 2 N–H and O–H groups in total. The average molecular weight is 332 g/mol. The molecule has 2 radical (unpaired) electrons. The Hall–Kier alpha value is -1.21. The first-order valence-electron chi connectivity index (χ1n) is 5.35. The van der Waals surface area contributed by atoms with Crippen molar-refractivity contribution in [2.24, 2.45) is 0 Å². The topological polar surface area (TPSA) is 66.5 Å². The Balaban J connectivity index is 2.12. The van der Waals surface area contributed by atoms with Crippen LogP contribution in [0.15, 0.2) is 16.6 Å². The Bertz CT molecular complexity index is 575. The fourth-order valence-corrected chi connectivity index (χ4v) is 4.48. The Morgan fingerprint density at radius 3 is 3.24 bits per heavy atom. The molecular formula is C11H11N5Sn. The van der Waals surface area contributed by atoms with Crippen molar-refractivity contribution in [3.8, 4) is 11.3 Å². The van der Waals surface area contributed by atoms with Crippen LogP contribution in [0.3, 0.4) is 0 Å². The second kappa shape index (κ2) is 4.58.